The van der Waals surface area contributed by atoms with E-state index in [4.69, 9.17) is 34.8 Å². The van der Waals surface area contributed by atoms with Crippen LogP contribution in [0.4, 0.5) is 0 Å². The minimum Gasteiger partial charge on any atom is -0.352 e. The smallest absolute Gasteiger partial charge is 0.242 e. The minimum absolute atomic E-state index is 0.0369. The van der Waals surface area contributed by atoms with E-state index in [1.54, 1.807) is 42.2 Å². The van der Waals surface area contributed by atoms with Crippen molar-refractivity contribution >= 4 is 58.4 Å². The number of nitrogens with zero attached hydrogens (tertiary/aromatic N) is 1. The Morgan fingerprint density at radius 1 is 1.06 bits per heavy atom. The van der Waals surface area contributed by atoms with Gasteiger partial charge in [0, 0.05) is 33.4 Å². The highest BCUT2D eigenvalue weighted by Gasteiger charge is 2.26. The monoisotopic (exact) mass is 500 g/mol. The molecule has 0 saturated carbocycles. The van der Waals surface area contributed by atoms with Gasteiger partial charge in [-0.05, 0) is 55.7 Å². The van der Waals surface area contributed by atoms with E-state index in [1.807, 2.05) is 26.0 Å². The zero-order valence-corrected chi connectivity index (χ0v) is 20.9. The van der Waals surface area contributed by atoms with Crippen molar-refractivity contribution in [3.05, 3.63) is 68.7 Å². The summed E-state index contributed by atoms with van der Waals surface area (Å²) in [6.07, 6.45) is 0.815. The van der Waals surface area contributed by atoms with Crippen LogP contribution in [-0.2, 0) is 21.9 Å². The average Bonchev–Trinajstić information content (AvgIpc) is 2.73. The van der Waals surface area contributed by atoms with Gasteiger partial charge in [0.2, 0.25) is 11.8 Å². The van der Waals surface area contributed by atoms with Crippen molar-refractivity contribution in [2.24, 2.45) is 0 Å². The third kappa shape index (κ3) is 7.90. The number of carbonyl (C=O) groups is 2. The van der Waals surface area contributed by atoms with E-state index in [-0.39, 0.29) is 23.6 Å². The number of hydrogen-bond acceptors (Lipinski definition) is 3. The fourth-order valence-electron chi connectivity index (χ4n) is 2.87. The summed E-state index contributed by atoms with van der Waals surface area (Å²) in [7, 11) is 0. The molecule has 8 heteroatoms. The minimum atomic E-state index is -0.620. The van der Waals surface area contributed by atoms with Gasteiger partial charge < -0.3 is 10.2 Å². The highest BCUT2D eigenvalue weighted by Crippen LogP contribution is 2.28. The molecule has 0 heterocycles. The Morgan fingerprint density at radius 3 is 2.32 bits per heavy atom. The second-order valence-electron chi connectivity index (χ2n) is 7.34. The second kappa shape index (κ2) is 12.6. The molecule has 2 amide bonds. The summed E-state index contributed by atoms with van der Waals surface area (Å²) in [6, 6.07) is 12.1. The third-order valence-corrected chi connectivity index (χ3v) is 6.83. The maximum Gasteiger partial charge on any atom is 0.242 e. The Hall–Kier alpha value is -1.40. The van der Waals surface area contributed by atoms with Crippen molar-refractivity contribution < 1.29 is 9.59 Å². The van der Waals surface area contributed by atoms with Gasteiger partial charge in [-0.1, -0.05) is 59.9 Å². The number of halogens is 3. The summed E-state index contributed by atoms with van der Waals surface area (Å²) in [5.74, 6) is 0.384. The van der Waals surface area contributed by atoms with Crippen LogP contribution in [0.15, 0.2) is 42.5 Å². The molecule has 0 fully saturated rings. The quantitative estimate of drug-likeness (QED) is 0.421. The molecule has 0 unspecified atom stereocenters. The van der Waals surface area contributed by atoms with Gasteiger partial charge in [-0.2, -0.15) is 0 Å². The summed E-state index contributed by atoms with van der Waals surface area (Å²) in [4.78, 5) is 27.4. The van der Waals surface area contributed by atoms with E-state index in [0.717, 1.165) is 17.5 Å². The molecular formula is C23H27Cl3N2O2S. The molecule has 0 spiro atoms. The molecule has 0 aliphatic rings. The molecule has 2 atom stereocenters. The topological polar surface area (TPSA) is 49.4 Å². The first-order valence-corrected chi connectivity index (χ1v) is 12.4. The summed E-state index contributed by atoms with van der Waals surface area (Å²) < 4.78 is 0. The van der Waals surface area contributed by atoms with Gasteiger partial charge in [0.1, 0.15) is 6.04 Å². The van der Waals surface area contributed by atoms with Gasteiger partial charge in [-0.25, -0.2) is 0 Å². The molecule has 1 N–H and O–H groups in total. The van der Waals surface area contributed by atoms with Crippen molar-refractivity contribution in [3.8, 4) is 0 Å². The predicted octanol–water partition coefficient (Wildman–Crippen LogP) is 6.21. The fourth-order valence-corrected chi connectivity index (χ4v) is 4.73. The Bertz CT molecular complexity index is 890. The molecule has 2 aromatic rings. The first kappa shape index (κ1) is 25.9. The summed E-state index contributed by atoms with van der Waals surface area (Å²) in [6.45, 7) is 5.98. The molecule has 0 aliphatic heterocycles. The van der Waals surface area contributed by atoms with Crippen LogP contribution in [0.3, 0.4) is 0 Å². The zero-order valence-electron chi connectivity index (χ0n) is 17.8. The van der Waals surface area contributed by atoms with Gasteiger partial charge in [0.15, 0.2) is 0 Å². The van der Waals surface area contributed by atoms with Crippen LogP contribution in [-0.4, -0.2) is 34.6 Å². The standard InChI is InChI=1S/C23H27Cl3N2O2S/c1-4-15(2)27-23(30)16(3)28(12-17-7-5-8-18(24)11-17)22(29)14-31-13-19-20(25)9-6-10-21(19)26/h5-11,15-16H,4,12-14H2,1-3H3,(H,27,30)/t15-,16-/m1/s1. The first-order valence-electron chi connectivity index (χ1n) is 10.1. The molecule has 168 valence electrons. The molecule has 0 aliphatic carbocycles. The van der Waals surface area contributed by atoms with Crippen LogP contribution in [0, 0.1) is 0 Å². The molecule has 0 bridgehead atoms. The Balaban J connectivity index is 2.12. The highest BCUT2D eigenvalue weighted by atomic mass is 35.5. The average molecular weight is 502 g/mol. The van der Waals surface area contributed by atoms with E-state index in [0.29, 0.717) is 27.4 Å². The van der Waals surface area contributed by atoms with E-state index >= 15 is 0 Å². The molecule has 2 rings (SSSR count). The van der Waals surface area contributed by atoms with Crippen molar-refractivity contribution in [2.45, 2.75) is 51.6 Å². The number of rotatable bonds is 10. The third-order valence-electron chi connectivity index (χ3n) is 4.94. The van der Waals surface area contributed by atoms with Crippen molar-refractivity contribution in [3.63, 3.8) is 0 Å². The molecular weight excluding hydrogens is 475 g/mol. The number of nitrogens with one attached hydrogen (secondary N) is 1. The number of benzene rings is 2. The summed E-state index contributed by atoms with van der Waals surface area (Å²) in [5, 5.41) is 4.69. The number of amides is 2. The van der Waals surface area contributed by atoms with E-state index in [1.165, 1.54) is 11.8 Å². The lowest BCUT2D eigenvalue weighted by atomic mass is 10.1. The molecule has 0 saturated heterocycles. The number of hydrogen-bond donors (Lipinski definition) is 1. The van der Waals surface area contributed by atoms with E-state index in [2.05, 4.69) is 5.32 Å². The van der Waals surface area contributed by atoms with Gasteiger partial charge in [0.05, 0.1) is 5.75 Å². The number of carbonyl (C=O) groups excluding carboxylic acids is 2. The molecule has 2 aromatic carbocycles. The normalized spacial score (nSPS) is 12.8. The van der Waals surface area contributed by atoms with Crippen LogP contribution in [0.1, 0.15) is 38.3 Å². The van der Waals surface area contributed by atoms with Crippen LogP contribution < -0.4 is 5.32 Å². The Kier molecular flexibility index (Phi) is 10.5. The first-order chi connectivity index (χ1) is 14.7. The van der Waals surface area contributed by atoms with Crippen molar-refractivity contribution in [2.75, 3.05) is 5.75 Å². The highest BCUT2D eigenvalue weighted by molar-refractivity contribution is 7.99. The zero-order chi connectivity index (χ0) is 23.0. The molecule has 0 radical (unpaired) electrons. The number of thioether (sulfide) groups is 1. The van der Waals surface area contributed by atoms with Gasteiger partial charge in [-0.3, -0.25) is 9.59 Å². The van der Waals surface area contributed by atoms with E-state index in [9.17, 15) is 9.59 Å². The molecule has 31 heavy (non-hydrogen) atoms. The fraction of sp³-hybridized carbons (Fsp3) is 0.391. The summed E-state index contributed by atoms with van der Waals surface area (Å²) >= 11 is 20.0. The van der Waals surface area contributed by atoms with E-state index < -0.39 is 6.04 Å². The van der Waals surface area contributed by atoms with Crippen LogP contribution in [0.2, 0.25) is 15.1 Å². The van der Waals surface area contributed by atoms with Gasteiger partial charge >= 0.3 is 0 Å². The van der Waals surface area contributed by atoms with Gasteiger partial charge in [-0.15, -0.1) is 11.8 Å². The summed E-state index contributed by atoms with van der Waals surface area (Å²) in [5.41, 5.74) is 1.66. The second-order valence-corrected chi connectivity index (χ2v) is 9.57. The van der Waals surface area contributed by atoms with Crippen molar-refractivity contribution in [1.29, 1.82) is 0 Å². The van der Waals surface area contributed by atoms with Crippen LogP contribution in [0.5, 0.6) is 0 Å². The lowest BCUT2D eigenvalue weighted by Gasteiger charge is -2.29. The van der Waals surface area contributed by atoms with Gasteiger partial charge in [0.25, 0.3) is 0 Å². The predicted molar refractivity (Wildman–Crippen MR) is 132 cm³/mol. The maximum atomic E-state index is 13.1. The lowest BCUT2D eigenvalue weighted by Crippen LogP contribution is -2.50. The molecule has 4 nitrogen and oxygen atoms in total. The SMILES string of the molecule is CC[C@@H](C)NC(=O)[C@@H](C)N(Cc1cccc(Cl)c1)C(=O)CSCc1c(Cl)cccc1Cl. The largest absolute Gasteiger partial charge is 0.352 e. The lowest BCUT2D eigenvalue weighted by molar-refractivity contribution is -0.138. The maximum absolute atomic E-state index is 13.1. The Morgan fingerprint density at radius 2 is 1.71 bits per heavy atom. The van der Waals surface area contributed by atoms with Crippen molar-refractivity contribution in [1.82, 2.24) is 10.2 Å². The van der Waals surface area contributed by atoms with Crippen LogP contribution >= 0.6 is 46.6 Å². The molecule has 0 aromatic heterocycles. The Labute approximate surface area is 203 Å². The van der Waals surface area contributed by atoms with Crippen LogP contribution in [0.25, 0.3) is 0 Å².